The SMILES string of the molecule is Cc1cn(-c2cccc(-c3cc(C4(O)CCN(C)C4=O)on3)c2)cc1C(N)=O. The van der Waals surface area contributed by atoms with E-state index in [0.717, 1.165) is 16.8 Å². The maximum absolute atomic E-state index is 12.2. The molecule has 1 saturated heterocycles. The number of primary amides is 1. The topological polar surface area (TPSA) is 115 Å². The Morgan fingerprint density at radius 3 is 2.75 bits per heavy atom. The van der Waals surface area contributed by atoms with E-state index in [1.54, 1.807) is 19.3 Å². The van der Waals surface area contributed by atoms with E-state index in [1.807, 2.05) is 42.0 Å². The van der Waals surface area contributed by atoms with Crippen molar-refractivity contribution < 1.29 is 19.2 Å². The number of aryl methyl sites for hydroxylation is 1. The molecule has 0 spiro atoms. The zero-order valence-electron chi connectivity index (χ0n) is 15.5. The van der Waals surface area contributed by atoms with Gasteiger partial charge < -0.3 is 24.8 Å². The number of amides is 2. The van der Waals surface area contributed by atoms with E-state index >= 15 is 0 Å². The van der Waals surface area contributed by atoms with Crippen molar-refractivity contribution in [2.24, 2.45) is 5.73 Å². The predicted molar refractivity (Wildman–Crippen MR) is 101 cm³/mol. The molecule has 3 aromatic rings. The van der Waals surface area contributed by atoms with Crippen LogP contribution in [0, 0.1) is 6.92 Å². The van der Waals surface area contributed by atoms with Gasteiger partial charge in [0.2, 0.25) is 5.60 Å². The van der Waals surface area contributed by atoms with Crippen molar-refractivity contribution in [3.63, 3.8) is 0 Å². The first-order chi connectivity index (χ1) is 13.3. The normalized spacial score (nSPS) is 19.4. The van der Waals surface area contributed by atoms with Crippen molar-refractivity contribution >= 4 is 11.8 Å². The number of likely N-dealkylation sites (N-methyl/N-ethyl adjacent to an activating group) is 1. The molecular weight excluding hydrogens is 360 g/mol. The Labute approximate surface area is 161 Å². The Kier molecular flexibility index (Phi) is 4.08. The van der Waals surface area contributed by atoms with Crippen LogP contribution in [0.3, 0.4) is 0 Å². The number of aromatic nitrogens is 2. The van der Waals surface area contributed by atoms with Gasteiger partial charge in [-0.2, -0.15) is 0 Å². The Morgan fingerprint density at radius 1 is 1.32 bits per heavy atom. The first-order valence-corrected chi connectivity index (χ1v) is 8.84. The second-order valence-electron chi connectivity index (χ2n) is 7.09. The monoisotopic (exact) mass is 380 g/mol. The molecule has 3 N–H and O–H groups in total. The lowest BCUT2D eigenvalue weighted by Crippen LogP contribution is -2.35. The van der Waals surface area contributed by atoms with Gasteiger partial charge >= 0.3 is 0 Å². The van der Waals surface area contributed by atoms with Gasteiger partial charge in [0.15, 0.2) is 5.76 Å². The van der Waals surface area contributed by atoms with E-state index in [9.17, 15) is 14.7 Å². The highest BCUT2D eigenvalue weighted by Gasteiger charge is 2.48. The number of nitrogens with two attached hydrogens (primary N) is 1. The summed E-state index contributed by atoms with van der Waals surface area (Å²) in [7, 11) is 1.64. The number of likely N-dealkylation sites (tertiary alicyclic amines) is 1. The van der Waals surface area contributed by atoms with Gasteiger partial charge in [0, 0.05) is 49.7 Å². The van der Waals surface area contributed by atoms with Crippen molar-refractivity contribution in [2.45, 2.75) is 18.9 Å². The number of hydrogen-bond acceptors (Lipinski definition) is 5. The van der Waals surface area contributed by atoms with Crippen LogP contribution in [0.2, 0.25) is 0 Å². The molecule has 4 rings (SSSR count). The lowest BCUT2D eigenvalue weighted by atomic mass is 9.98. The minimum Gasteiger partial charge on any atom is -0.373 e. The summed E-state index contributed by atoms with van der Waals surface area (Å²) in [5.41, 5.74) is 7.03. The summed E-state index contributed by atoms with van der Waals surface area (Å²) in [6, 6.07) is 9.05. The van der Waals surface area contributed by atoms with Gasteiger partial charge in [-0.05, 0) is 24.6 Å². The van der Waals surface area contributed by atoms with Gasteiger partial charge in [-0.1, -0.05) is 17.3 Å². The number of rotatable bonds is 4. The second kappa shape index (κ2) is 6.35. The van der Waals surface area contributed by atoms with Crippen molar-refractivity contribution in [3.05, 3.63) is 59.6 Å². The lowest BCUT2D eigenvalue weighted by Gasteiger charge is -2.16. The molecule has 144 valence electrons. The van der Waals surface area contributed by atoms with Crippen LogP contribution >= 0.6 is 0 Å². The Bertz CT molecular complexity index is 1080. The number of nitrogens with zero attached hydrogens (tertiary/aromatic N) is 3. The van der Waals surface area contributed by atoms with E-state index in [0.29, 0.717) is 17.8 Å². The first kappa shape index (κ1) is 18.0. The number of carbonyl (C=O) groups excluding carboxylic acids is 2. The molecule has 0 aliphatic carbocycles. The van der Waals surface area contributed by atoms with Gasteiger partial charge in [-0.15, -0.1) is 0 Å². The van der Waals surface area contributed by atoms with Gasteiger partial charge in [0.25, 0.3) is 11.8 Å². The molecule has 0 bridgehead atoms. The molecule has 28 heavy (non-hydrogen) atoms. The van der Waals surface area contributed by atoms with Gasteiger partial charge in [-0.25, -0.2) is 0 Å². The molecule has 1 aliphatic rings. The Hall–Kier alpha value is -3.39. The summed E-state index contributed by atoms with van der Waals surface area (Å²) in [6.07, 6.45) is 3.76. The molecule has 1 aromatic carbocycles. The van der Waals surface area contributed by atoms with E-state index in [-0.39, 0.29) is 12.2 Å². The third-order valence-electron chi connectivity index (χ3n) is 5.16. The zero-order valence-corrected chi connectivity index (χ0v) is 15.5. The van der Waals surface area contributed by atoms with Crippen LogP contribution in [0.25, 0.3) is 16.9 Å². The molecule has 0 radical (unpaired) electrons. The lowest BCUT2D eigenvalue weighted by molar-refractivity contribution is -0.144. The van der Waals surface area contributed by atoms with E-state index in [4.69, 9.17) is 10.3 Å². The van der Waals surface area contributed by atoms with Crippen molar-refractivity contribution in [3.8, 4) is 16.9 Å². The fraction of sp³-hybridized carbons (Fsp3) is 0.250. The third-order valence-corrected chi connectivity index (χ3v) is 5.16. The number of benzene rings is 1. The standard InChI is InChI=1S/C20H20N4O4/c1-12-10-24(11-15(12)18(21)25)14-5-3-4-13(8-14)16-9-17(28-22-16)20(27)6-7-23(2)19(20)26/h3-5,8-11,27H,6-7H2,1-2H3,(H2,21,25). The van der Waals surface area contributed by atoms with Crippen LogP contribution in [0.1, 0.15) is 28.1 Å². The molecule has 1 aliphatic heterocycles. The molecule has 1 fully saturated rings. The van der Waals surface area contributed by atoms with Crippen LogP contribution in [-0.4, -0.2) is 45.1 Å². The van der Waals surface area contributed by atoms with E-state index in [2.05, 4.69) is 5.16 Å². The maximum atomic E-state index is 12.2. The Balaban J connectivity index is 1.68. The van der Waals surface area contributed by atoms with Gasteiger partial charge in [0.05, 0.1) is 5.56 Å². The summed E-state index contributed by atoms with van der Waals surface area (Å²) in [6.45, 7) is 2.27. The molecule has 0 saturated carbocycles. The fourth-order valence-electron chi connectivity index (χ4n) is 3.48. The molecule has 8 nitrogen and oxygen atoms in total. The van der Waals surface area contributed by atoms with Crippen LogP contribution in [-0.2, 0) is 10.4 Å². The number of aliphatic hydroxyl groups is 1. The summed E-state index contributed by atoms with van der Waals surface area (Å²) < 4.78 is 7.12. The van der Waals surface area contributed by atoms with Gasteiger partial charge in [-0.3, -0.25) is 9.59 Å². The van der Waals surface area contributed by atoms with Crippen LogP contribution in [0.15, 0.2) is 47.2 Å². The summed E-state index contributed by atoms with van der Waals surface area (Å²) in [5, 5.41) is 14.7. The quantitative estimate of drug-likeness (QED) is 0.713. The largest absolute Gasteiger partial charge is 0.373 e. The van der Waals surface area contributed by atoms with Crippen molar-refractivity contribution in [1.29, 1.82) is 0 Å². The van der Waals surface area contributed by atoms with Crippen LogP contribution < -0.4 is 5.73 Å². The second-order valence-corrected chi connectivity index (χ2v) is 7.09. The molecule has 2 amide bonds. The summed E-state index contributed by atoms with van der Waals surface area (Å²) in [5.74, 6) is -0.742. The maximum Gasteiger partial charge on any atom is 0.262 e. The third kappa shape index (κ3) is 2.78. The fourth-order valence-corrected chi connectivity index (χ4v) is 3.48. The van der Waals surface area contributed by atoms with Crippen LogP contribution in [0.5, 0.6) is 0 Å². The molecule has 2 aromatic heterocycles. The highest BCUT2D eigenvalue weighted by Crippen LogP contribution is 2.35. The number of carbonyl (C=O) groups is 2. The van der Waals surface area contributed by atoms with Crippen LogP contribution in [0.4, 0.5) is 0 Å². The first-order valence-electron chi connectivity index (χ1n) is 8.84. The highest BCUT2D eigenvalue weighted by atomic mass is 16.5. The molecule has 3 heterocycles. The smallest absolute Gasteiger partial charge is 0.262 e. The highest BCUT2D eigenvalue weighted by molar-refractivity contribution is 5.94. The predicted octanol–water partition coefficient (Wildman–Crippen LogP) is 1.59. The van der Waals surface area contributed by atoms with E-state index in [1.165, 1.54) is 4.90 Å². The average molecular weight is 380 g/mol. The van der Waals surface area contributed by atoms with Crippen molar-refractivity contribution in [1.82, 2.24) is 14.6 Å². The molecular formula is C20H20N4O4. The summed E-state index contributed by atoms with van der Waals surface area (Å²) >= 11 is 0. The minimum absolute atomic E-state index is 0.134. The molecule has 1 atom stereocenters. The van der Waals surface area contributed by atoms with Gasteiger partial charge in [0.1, 0.15) is 5.69 Å². The Morgan fingerprint density at radius 2 is 2.11 bits per heavy atom. The minimum atomic E-state index is -1.68. The zero-order chi connectivity index (χ0) is 20.1. The molecule has 1 unspecified atom stereocenters. The van der Waals surface area contributed by atoms with E-state index < -0.39 is 17.4 Å². The average Bonchev–Trinajstić information content (AvgIpc) is 3.38. The molecule has 8 heteroatoms. The number of hydrogen-bond donors (Lipinski definition) is 2. The van der Waals surface area contributed by atoms with Crippen molar-refractivity contribution in [2.75, 3.05) is 13.6 Å². The summed E-state index contributed by atoms with van der Waals surface area (Å²) in [4.78, 5) is 25.2.